The highest BCUT2D eigenvalue weighted by Gasteiger charge is 1.95. The van der Waals surface area contributed by atoms with Crippen molar-refractivity contribution in [2.45, 2.75) is 12.2 Å². The summed E-state index contributed by atoms with van der Waals surface area (Å²) in [6.07, 6.45) is 0.470. The van der Waals surface area contributed by atoms with Crippen molar-refractivity contribution < 1.29 is 4.79 Å². The summed E-state index contributed by atoms with van der Waals surface area (Å²) in [6, 6.07) is 10.2. The molecule has 1 rings (SSSR count). The summed E-state index contributed by atoms with van der Waals surface area (Å²) in [5, 5.41) is 0. The molecule has 0 radical (unpaired) electrons. The van der Waals surface area contributed by atoms with Crippen LogP contribution in [0.5, 0.6) is 0 Å². The van der Waals surface area contributed by atoms with Crippen molar-refractivity contribution in [1.82, 2.24) is 0 Å². The normalized spacial score (nSPS) is 9.85. The number of amides is 1. The van der Waals surface area contributed by atoms with Crippen LogP contribution in [0.2, 0.25) is 0 Å². The van der Waals surface area contributed by atoms with E-state index in [2.05, 4.69) is 12.1 Å². The molecule has 0 saturated carbocycles. The fourth-order valence-corrected chi connectivity index (χ4v) is 1.86. The molecule has 0 aliphatic rings. The molecule has 0 heterocycles. The number of rotatable bonds is 5. The van der Waals surface area contributed by atoms with E-state index in [0.717, 1.165) is 11.5 Å². The Morgan fingerprint density at radius 3 is 2.62 bits per heavy atom. The quantitative estimate of drug-likeness (QED) is 0.728. The van der Waals surface area contributed by atoms with Crippen LogP contribution in [0.25, 0.3) is 0 Å². The van der Waals surface area contributed by atoms with E-state index in [0.29, 0.717) is 6.42 Å². The zero-order valence-electron chi connectivity index (χ0n) is 7.40. The van der Waals surface area contributed by atoms with E-state index in [1.807, 2.05) is 18.2 Å². The predicted octanol–water partition coefficient (Wildman–Crippen LogP) is 1.80. The van der Waals surface area contributed by atoms with E-state index in [-0.39, 0.29) is 5.91 Å². The maximum Gasteiger partial charge on any atom is 0.218 e. The smallest absolute Gasteiger partial charge is 0.218 e. The first-order valence-electron chi connectivity index (χ1n) is 4.19. The Labute approximate surface area is 82.5 Å². The summed E-state index contributed by atoms with van der Waals surface area (Å²) >= 11 is 1.73. The predicted molar refractivity (Wildman–Crippen MR) is 56.4 cm³/mol. The molecule has 0 atom stereocenters. The van der Waals surface area contributed by atoms with Crippen LogP contribution in [0.15, 0.2) is 30.3 Å². The summed E-state index contributed by atoms with van der Waals surface area (Å²) in [6.45, 7) is 0. The topological polar surface area (TPSA) is 43.1 Å². The van der Waals surface area contributed by atoms with Crippen LogP contribution in [0.1, 0.15) is 12.0 Å². The zero-order chi connectivity index (χ0) is 9.52. The number of carbonyl (C=O) groups is 1. The Balaban J connectivity index is 2.17. The van der Waals surface area contributed by atoms with Gasteiger partial charge in [-0.1, -0.05) is 30.3 Å². The largest absolute Gasteiger partial charge is 0.370 e. The number of carbonyl (C=O) groups excluding carboxylic acids is 1. The molecule has 70 valence electrons. The van der Waals surface area contributed by atoms with Crippen LogP contribution in [0, 0.1) is 0 Å². The first-order chi connectivity index (χ1) is 6.29. The van der Waals surface area contributed by atoms with Gasteiger partial charge in [-0.25, -0.2) is 0 Å². The third kappa shape index (κ3) is 4.58. The van der Waals surface area contributed by atoms with Gasteiger partial charge >= 0.3 is 0 Å². The van der Waals surface area contributed by atoms with E-state index >= 15 is 0 Å². The SMILES string of the molecule is NC(=O)CCSCc1ccccc1. The fourth-order valence-electron chi connectivity index (χ4n) is 0.937. The van der Waals surface area contributed by atoms with Crippen molar-refractivity contribution in [3.63, 3.8) is 0 Å². The Morgan fingerprint density at radius 1 is 1.31 bits per heavy atom. The molecule has 0 unspecified atom stereocenters. The second kappa shape index (κ2) is 5.65. The molecule has 0 saturated heterocycles. The minimum absolute atomic E-state index is 0.222. The highest BCUT2D eigenvalue weighted by Crippen LogP contribution is 2.11. The molecule has 0 spiro atoms. The molecule has 1 aromatic carbocycles. The van der Waals surface area contributed by atoms with Crippen LogP contribution < -0.4 is 5.73 Å². The van der Waals surface area contributed by atoms with Gasteiger partial charge in [0.1, 0.15) is 0 Å². The maximum absolute atomic E-state index is 10.4. The zero-order valence-corrected chi connectivity index (χ0v) is 8.22. The summed E-state index contributed by atoms with van der Waals surface area (Å²) in [5.74, 6) is 1.54. The number of thioether (sulfide) groups is 1. The van der Waals surface area contributed by atoms with E-state index in [4.69, 9.17) is 5.73 Å². The molecular formula is C10H13NOS. The van der Waals surface area contributed by atoms with E-state index in [9.17, 15) is 4.79 Å². The van der Waals surface area contributed by atoms with E-state index in [1.165, 1.54) is 5.56 Å². The lowest BCUT2D eigenvalue weighted by Gasteiger charge is -1.99. The molecule has 2 nitrogen and oxygen atoms in total. The molecule has 1 amide bonds. The van der Waals surface area contributed by atoms with Crippen LogP contribution in [0.3, 0.4) is 0 Å². The molecular weight excluding hydrogens is 182 g/mol. The van der Waals surface area contributed by atoms with Gasteiger partial charge < -0.3 is 5.73 Å². The van der Waals surface area contributed by atoms with Gasteiger partial charge in [-0.2, -0.15) is 11.8 Å². The first kappa shape index (κ1) is 10.1. The second-order valence-electron chi connectivity index (χ2n) is 2.75. The molecule has 0 aliphatic heterocycles. The monoisotopic (exact) mass is 195 g/mol. The second-order valence-corrected chi connectivity index (χ2v) is 3.86. The van der Waals surface area contributed by atoms with Gasteiger partial charge in [-0.3, -0.25) is 4.79 Å². The third-order valence-electron chi connectivity index (χ3n) is 1.60. The highest BCUT2D eigenvalue weighted by molar-refractivity contribution is 7.98. The van der Waals surface area contributed by atoms with Gasteiger partial charge in [0, 0.05) is 17.9 Å². The van der Waals surface area contributed by atoms with Crippen molar-refractivity contribution in [1.29, 1.82) is 0 Å². The number of hydrogen-bond donors (Lipinski definition) is 1. The van der Waals surface area contributed by atoms with Gasteiger partial charge in [0.2, 0.25) is 5.91 Å². The summed E-state index contributed by atoms with van der Waals surface area (Å²) in [7, 11) is 0. The van der Waals surface area contributed by atoms with Gasteiger partial charge in [-0.05, 0) is 5.56 Å². The minimum atomic E-state index is -0.222. The third-order valence-corrected chi connectivity index (χ3v) is 2.63. The van der Waals surface area contributed by atoms with Crippen LogP contribution in [-0.2, 0) is 10.5 Å². The standard InChI is InChI=1S/C10H13NOS/c11-10(12)6-7-13-8-9-4-2-1-3-5-9/h1-5H,6-8H2,(H2,11,12). The van der Waals surface area contributed by atoms with Crippen molar-refractivity contribution in [2.75, 3.05) is 5.75 Å². The highest BCUT2D eigenvalue weighted by atomic mass is 32.2. The Kier molecular flexibility index (Phi) is 4.40. The fraction of sp³-hybridized carbons (Fsp3) is 0.300. The Bertz CT molecular complexity index is 261. The average molecular weight is 195 g/mol. The maximum atomic E-state index is 10.4. The van der Waals surface area contributed by atoms with Crippen LogP contribution >= 0.6 is 11.8 Å². The average Bonchev–Trinajstić information content (AvgIpc) is 2.14. The molecule has 13 heavy (non-hydrogen) atoms. The number of hydrogen-bond acceptors (Lipinski definition) is 2. The molecule has 0 bridgehead atoms. The van der Waals surface area contributed by atoms with Crippen LogP contribution in [-0.4, -0.2) is 11.7 Å². The van der Waals surface area contributed by atoms with Gasteiger partial charge in [0.15, 0.2) is 0 Å². The summed E-state index contributed by atoms with van der Waals surface area (Å²) in [4.78, 5) is 10.4. The molecule has 3 heteroatoms. The van der Waals surface area contributed by atoms with E-state index in [1.54, 1.807) is 11.8 Å². The molecule has 0 aliphatic carbocycles. The Morgan fingerprint density at radius 2 is 2.00 bits per heavy atom. The van der Waals surface area contributed by atoms with Crippen LogP contribution in [0.4, 0.5) is 0 Å². The molecule has 1 aromatic rings. The van der Waals surface area contributed by atoms with E-state index < -0.39 is 0 Å². The van der Waals surface area contributed by atoms with Gasteiger partial charge in [-0.15, -0.1) is 0 Å². The number of primary amides is 1. The van der Waals surface area contributed by atoms with Crippen molar-refractivity contribution >= 4 is 17.7 Å². The first-order valence-corrected chi connectivity index (χ1v) is 5.34. The van der Waals surface area contributed by atoms with Gasteiger partial charge in [0.05, 0.1) is 0 Å². The molecule has 0 aromatic heterocycles. The molecule has 0 fully saturated rings. The summed E-state index contributed by atoms with van der Waals surface area (Å²) in [5.41, 5.74) is 6.31. The lowest BCUT2D eigenvalue weighted by atomic mass is 10.2. The lowest BCUT2D eigenvalue weighted by molar-refractivity contribution is -0.117. The van der Waals surface area contributed by atoms with Crippen molar-refractivity contribution in [3.8, 4) is 0 Å². The lowest BCUT2D eigenvalue weighted by Crippen LogP contribution is -2.10. The van der Waals surface area contributed by atoms with Crippen molar-refractivity contribution in [3.05, 3.63) is 35.9 Å². The summed E-state index contributed by atoms with van der Waals surface area (Å²) < 4.78 is 0. The van der Waals surface area contributed by atoms with Crippen molar-refractivity contribution in [2.24, 2.45) is 5.73 Å². The minimum Gasteiger partial charge on any atom is -0.370 e. The Hall–Kier alpha value is -0.960. The van der Waals surface area contributed by atoms with Gasteiger partial charge in [0.25, 0.3) is 0 Å². The molecule has 2 N–H and O–H groups in total. The number of nitrogens with two attached hydrogens (primary N) is 1. The number of benzene rings is 1.